The number of aromatic nitrogens is 1. The summed E-state index contributed by atoms with van der Waals surface area (Å²) in [5.41, 5.74) is 4.61. The van der Waals surface area contributed by atoms with Gasteiger partial charge in [0.2, 0.25) is 0 Å². The fraction of sp³-hybridized carbons (Fsp3) is 0.462. The molecule has 0 bridgehead atoms. The molecule has 80 valence electrons. The standard InChI is InChI=1S/C13H18N2/c1-6-10-7-8-11-12(14-10)13(3,4)9(2)15(11)5/h7-8H,2,6H2,1,3-5H3. The van der Waals surface area contributed by atoms with Crippen molar-refractivity contribution < 1.29 is 0 Å². The fourth-order valence-corrected chi connectivity index (χ4v) is 2.12. The Morgan fingerprint density at radius 2 is 2.07 bits per heavy atom. The quantitative estimate of drug-likeness (QED) is 0.696. The number of aryl methyl sites for hydroxylation is 1. The van der Waals surface area contributed by atoms with Gasteiger partial charge < -0.3 is 4.90 Å². The number of rotatable bonds is 1. The van der Waals surface area contributed by atoms with E-state index in [4.69, 9.17) is 4.98 Å². The molecular formula is C13H18N2. The van der Waals surface area contributed by atoms with Gasteiger partial charge in [0.1, 0.15) is 0 Å². The number of hydrogen-bond donors (Lipinski definition) is 0. The third-order valence-corrected chi connectivity index (χ3v) is 3.37. The summed E-state index contributed by atoms with van der Waals surface area (Å²) in [4.78, 5) is 6.86. The van der Waals surface area contributed by atoms with Crippen molar-refractivity contribution in [3.63, 3.8) is 0 Å². The van der Waals surface area contributed by atoms with Gasteiger partial charge in [0, 0.05) is 23.9 Å². The van der Waals surface area contributed by atoms with Gasteiger partial charge in [-0.3, -0.25) is 4.98 Å². The summed E-state index contributed by atoms with van der Waals surface area (Å²) < 4.78 is 0. The predicted octanol–water partition coefficient (Wildman–Crippen LogP) is 2.89. The SMILES string of the molecule is C=C1N(C)c2ccc(CC)nc2C1(C)C. The molecule has 2 rings (SSSR count). The molecule has 0 aromatic carbocycles. The Kier molecular flexibility index (Phi) is 2.10. The summed E-state index contributed by atoms with van der Waals surface area (Å²) in [5.74, 6) is 0. The summed E-state index contributed by atoms with van der Waals surface area (Å²) in [5, 5.41) is 0. The molecule has 0 amide bonds. The highest BCUT2D eigenvalue weighted by molar-refractivity contribution is 5.67. The molecule has 0 atom stereocenters. The monoisotopic (exact) mass is 202 g/mol. The summed E-state index contributed by atoms with van der Waals surface area (Å²) in [7, 11) is 2.06. The van der Waals surface area contributed by atoms with Crippen LogP contribution in [0.15, 0.2) is 24.4 Å². The first kappa shape index (κ1) is 10.2. The lowest BCUT2D eigenvalue weighted by molar-refractivity contribution is 0.620. The minimum absolute atomic E-state index is 0.0325. The van der Waals surface area contributed by atoms with Crippen LogP contribution in [0.4, 0.5) is 5.69 Å². The normalized spacial score (nSPS) is 18.1. The van der Waals surface area contributed by atoms with Crippen molar-refractivity contribution in [3.05, 3.63) is 35.8 Å². The van der Waals surface area contributed by atoms with E-state index in [1.807, 2.05) is 0 Å². The van der Waals surface area contributed by atoms with Gasteiger partial charge in [-0.25, -0.2) is 0 Å². The number of nitrogens with zero attached hydrogens (tertiary/aromatic N) is 2. The Hall–Kier alpha value is -1.31. The molecule has 0 fully saturated rings. The predicted molar refractivity (Wildman–Crippen MR) is 64.2 cm³/mol. The molecule has 0 saturated heterocycles. The Balaban J connectivity index is 2.62. The molecule has 1 aliphatic rings. The molecule has 0 spiro atoms. The van der Waals surface area contributed by atoms with E-state index < -0.39 is 0 Å². The average molecular weight is 202 g/mol. The second-order valence-corrected chi connectivity index (χ2v) is 4.65. The Morgan fingerprint density at radius 1 is 1.40 bits per heavy atom. The maximum Gasteiger partial charge on any atom is 0.0758 e. The van der Waals surface area contributed by atoms with Crippen LogP contribution in [0.3, 0.4) is 0 Å². The Morgan fingerprint density at radius 3 is 2.67 bits per heavy atom. The molecule has 0 N–H and O–H groups in total. The number of pyridine rings is 1. The third kappa shape index (κ3) is 1.28. The second-order valence-electron chi connectivity index (χ2n) is 4.65. The van der Waals surface area contributed by atoms with Crippen molar-refractivity contribution in [2.75, 3.05) is 11.9 Å². The summed E-state index contributed by atoms with van der Waals surface area (Å²) in [6.45, 7) is 10.6. The summed E-state index contributed by atoms with van der Waals surface area (Å²) in [6.07, 6.45) is 0.986. The maximum absolute atomic E-state index is 4.72. The number of fused-ring (bicyclic) bond motifs is 1. The van der Waals surface area contributed by atoms with Crippen LogP contribution in [-0.2, 0) is 11.8 Å². The Labute approximate surface area is 91.6 Å². The maximum atomic E-state index is 4.72. The van der Waals surface area contributed by atoms with E-state index in [0.29, 0.717) is 0 Å². The van der Waals surface area contributed by atoms with Crippen LogP contribution < -0.4 is 4.90 Å². The summed E-state index contributed by atoms with van der Waals surface area (Å²) >= 11 is 0. The molecule has 1 aromatic rings. The highest BCUT2D eigenvalue weighted by Crippen LogP contribution is 2.44. The first-order valence-corrected chi connectivity index (χ1v) is 5.42. The lowest BCUT2D eigenvalue weighted by atomic mass is 9.88. The van der Waals surface area contributed by atoms with Gasteiger partial charge >= 0.3 is 0 Å². The molecule has 2 heteroatoms. The number of hydrogen-bond acceptors (Lipinski definition) is 2. The van der Waals surface area contributed by atoms with E-state index in [2.05, 4.69) is 51.4 Å². The topological polar surface area (TPSA) is 16.1 Å². The number of anilines is 1. The van der Waals surface area contributed by atoms with Crippen LogP contribution >= 0.6 is 0 Å². The zero-order valence-corrected chi connectivity index (χ0v) is 9.96. The minimum atomic E-state index is -0.0325. The molecule has 2 nitrogen and oxygen atoms in total. The fourth-order valence-electron chi connectivity index (χ4n) is 2.12. The first-order valence-electron chi connectivity index (χ1n) is 5.42. The van der Waals surface area contributed by atoms with Gasteiger partial charge in [-0.2, -0.15) is 0 Å². The molecule has 0 unspecified atom stereocenters. The van der Waals surface area contributed by atoms with Crippen LogP contribution in [-0.4, -0.2) is 12.0 Å². The van der Waals surface area contributed by atoms with Gasteiger partial charge in [0.15, 0.2) is 0 Å². The van der Waals surface area contributed by atoms with Crippen LogP contribution in [0.1, 0.15) is 32.2 Å². The largest absolute Gasteiger partial charge is 0.346 e. The van der Waals surface area contributed by atoms with Crippen molar-refractivity contribution in [1.29, 1.82) is 0 Å². The van der Waals surface area contributed by atoms with Crippen molar-refractivity contribution in [2.24, 2.45) is 0 Å². The van der Waals surface area contributed by atoms with Gasteiger partial charge in [-0.15, -0.1) is 0 Å². The van der Waals surface area contributed by atoms with Crippen LogP contribution in [0.25, 0.3) is 0 Å². The molecule has 0 aliphatic carbocycles. The number of allylic oxidation sites excluding steroid dienone is 1. The van der Waals surface area contributed by atoms with Gasteiger partial charge in [-0.1, -0.05) is 13.5 Å². The van der Waals surface area contributed by atoms with Crippen molar-refractivity contribution >= 4 is 5.69 Å². The van der Waals surface area contributed by atoms with Gasteiger partial charge in [0.05, 0.1) is 11.4 Å². The minimum Gasteiger partial charge on any atom is -0.346 e. The molecule has 0 saturated carbocycles. The van der Waals surface area contributed by atoms with Crippen LogP contribution in [0.2, 0.25) is 0 Å². The third-order valence-electron chi connectivity index (χ3n) is 3.37. The molecule has 1 aliphatic heterocycles. The number of likely N-dealkylation sites (N-methyl/N-ethyl adjacent to an activating group) is 1. The highest BCUT2D eigenvalue weighted by atomic mass is 15.2. The van der Waals surface area contributed by atoms with Crippen molar-refractivity contribution in [3.8, 4) is 0 Å². The molecular weight excluding hydrogens is 184 g/mol. The molecule has 15 heavy (non-hydrogen) atoms. The van der Waals surface area contributed by atoms with Crippen molar-refractivity contribution in [2.45, 2.75) is 32.6 Å². The molecule has 0 radical (unpaired) electrons. The van der Waals surface area contributed by atoms with Crippen LogP contribution in [0, 0.1) is 0 Å². The van der Waals surface area contributed by atoms with Crippen molar-refractivity contribution in [1.82, 2.24) is 4.98 Å². The lowest BCUT2D eigenvalue weighted by Gasteiger charge is -2.21. The first-order chi connectivity index (χ1) is 6.98. The van der Waals surface area contributed by atoms with E-state index >= 15 is 0 Å². The zero-order valence-electron chi connectivity index (χ0n) is 9.96. The Bertz CT molecular complexity index is 419. The van der Waals surface area contributed by atoms with E-state index in [9.17, 15) is 0 Å². The van der Waals surface area contributed by atoms with E-state index in [0.717, 1.165) is 23.5 Å². The van der Waals surface area contributed by atoms with E-state index in [-0.39, 0.29) is 5.41 Å². The molecule has 1 aromatic heterocycles. The van der Waals surface area contributed by atoms with E-state index in [1.54, 1.807) is 0 Å². The highest BCUT2D eigenvalue weighted by Gasteiger charge is 2.38. The smallest absolute Gasteiger partial charge is 0.0758 e. The van der Waals surface area contributed by atoms with Crippen LogP contribution in [0.5, 0.6) is 0 Å². The zero-order chi connectivity index (χ0) is 11.2. The average Bonchev–Trinajstić information content (AvgIpc) is 2.40. The van der Waals surface area contributed by atoms with E-state index in [1.165, 1.54) is 5.69 Å². The van der Waals surface area contributed by atoms with Gasteiger partial charge in [0.25, 0.3) is 0 Å². The lowest BCUT2D eigenvalue weighted by Crippen LogP contribution is -2.22. The molecule has 2 heterocycles. The second kappa shape index (κ2) is 3.09. The van der Waals surface area contributed by atoms with Gasteiger partial charge in [-0.05, 0) is 32.4 Å². The summed E-state index contributed by atoms with van der Waals surface area (Å²) in [6, 6.07) is 4.26.